The summed E-state index contributed by atoms with van der Waals surface area (Å²) < 4.78 is 5.18. The second-order valence-electron chi connectivity index (χ2n) is 4.00. The predicted molar refractivity (Wildman–Crippen MR) is 73.5 cm³/mol. The molecule has 0 radical (unpaired) electrons. The van der Waals surface area contributed by atoms with Crippen LogP contribution in [-0.4, -0.2) is 19.0 Å². The summed E-state index contributed by atoms with van der Waals surface area (Å²) >= 11 is 5.21. The van der Waals surface area contributed by atoms with E-state index >= 15 is 0 Å². The van der Waals surface area contributed by atoms with Crippen molar-refractivity contribution in [2.24, 2.45) is 0 Å². The summed E-state index contributed by atoms with van der Waals surface area (Å²) in [6.07, 6.45) is 0.764. The van der Waals surface area contributed by atoms with Crippen molar-refractivity contribution in [2.45, 2.75) is 6.42 Å². The van der Waals surface area contributed by atoms with Crippen LogP contribution in [0.15, 0.2) is 36.4 Å². The minimum atomic E-state index is -0.513. The predicted octanol–water partition coefficient (Wildman–Crippen LogP) is 3.34. The molecule has 0 bridgehead atoms. The summed E-state index contributed by atoms with van der Waals surface area (Å²) in [6.45, 7) is 0.546. The number of carbonyl (C=O) groups excluding carboxylic acids is 1. The Bertz CT molecular complexity index is 569. The standard InChI is InChI=1S/C14H14ClNO2/c1-18-13-5-4-11-8-10(2-3-12(11)9-13)6-7-16-14(15)17/h2-5,8-9H,6-7H2,1H3,(H,16,17). The SMILES string of the molecule is COc1ccc2cc(CCNC(=O)Cl)ccc2c1. The molecule has 18 heavy (non-hydrogen) atoms. The van der Waals surface area contributed by atoms with E-state index in [1.54, 1.807) is 7.11 Å². The van der Waals surface area contributed by atoms with Gasteiger partial charge in [0.25, 0.3) is 0 Å². The van der Waals surface area contributed by atoms with Crippen LogP contribution < -0.4 is 10.1 Å². The Morgan fingerprint density at radius 3 is 2.67 bits per heavy atom. The van der Waals surface area contributed by atoms with E-state index in [4.69, 9.17) is 16.3 Å². The molecule has 1 amide bonds. The summed E-state index contributed by atoms with van der Waals surface area (Å²) in [5, 5.41) is 4.35. The van der Waals surface area contributed by atoms with Crippen LogP contribution in [0.3, 0.4) is 0 Å². The van der Waals surface area contributed by atoms with Gasteiger partial charge < -0.3 is 10.1 Å². The maximum absolute atomic E-state index is 10.6. The normalized spacial score (nSPS) is 10.3. The van der Waals surface area contributed by atoms with Gasteiger partial charge in [-0.2, -0.15) is 0 Å². The molecule has 0 aromatic heterocycles. The molecule has 2 rings (SSSR count). The number of hydrogen-bond acceptors (Lipinski definition) is 2. The zero-order valence-corrected chi connectivity index (χ0v) is 10.8. The Labute approximate surface area is 111 Å². The molecule has 0 aliphatic heterocycles. The third kappa shape index (κ3) is 3.14. The molecule has 94 valence electrons. The summed E-state index contributed by atoms with van der Waals surface area (Å²) in [7, 11) is 1.66. The van der Waals surface area contributed by atoms with Gasteiger partial charge in [-0.1, -0.05) is 24.3 Å². The highest BCUT2D eigenvalue weighted by Crippen LogP contribution is 2.21. The molecular formula is C14H14ClNO2. The van der Waals surface area contributed by atoms with Gasteiger partial charge in [-0.3, -0.25) is 4.79 Å². The number of methoxy groups -OCH3 is 1. The number of rotatable bonds is 4. The third-order valence-corrected chi connectivity index (χ3v) is 2.92. The molecule has 0 fully saturated rings. The quantitative estimate of drug-likeness (QED) is 0.679. The lowest BCUT2D eigenvalue weighted by atomic mass is 10.0. The number of ether oxygens (including phenoxy) is 1. The van der Waals surface area contributed by atoms with Crippen LogP contribution in [-0.2, 0) is 6.42 Å². The van der Waals surface area contributed by atoms with E-state index in [0.717, 1.165) is 28.5 Å². The first-order valence-corrected chi connectivity index (χ1v) is 6.07. The van der Waals surface area contributed by atoms with Crippen LogP contribution in [0.4, 0.5) is 4.79 Å². The van der Waals surface area contributed by atoms with Crippen molar-refractivity contribution in [1.82, 2.24) is 5.32 Å². The van der Waals surface area contributed by atoms with Gasteiger partial charge in [-0.25, -0.2) is 0 Å². The molecule has 0 heterocycles. The van der Waals surface area contributed by atoms with Crippen LogP contribution in [0, 0.1) is 0 Å². The Kier molecular flexibility index (Phi) is 4.05. The molecule has 0 atom stereocenters. The van der Waals surface area contributed by atoms with Crippen LogP contribution in [0.5, 0.6) is 5.75 Å². The van der Waals surface area contributed by atoms with Crippen molar-refractivity contribution in [3.63, 3.8) is 0 Å². The van der Waals surface area contributed by atoms with Gasteiger partial charge in [0, 0.05) is 6.54 Å². The third-order valence-electron chi connectivity index (χ3n) is 2.79. The molecule has 4 heteroatoms. The van der Waals surface area contributed by atoms with Crippen molar-refractivity contribution in [3.05, 3.63) is 42.0 Å². The van der Waals surface area contributed by atoms with Crippen LogP contribution >= 0.6 is 11.6 Å². The molecule has 0 saturated carbocycles. The molecule has 0 aliphatic rings. The zero-order chi connectivity index (χ0) is 13.0. The van der Waals surface area contributed by atoms with Gasteiger partial charge in [0.2, 0.25) is 0 Å². The minimum Gasteiger partial charge on any atom is -0.497 e. The smallest absolute Gasteiger partial charge is 0.313 e. The lowest BCUT2D eigenvalue weighted by Gasteiger charge is -2.06. The van der Waals surface area contributed by atoms with Crippen LogP contribution in [0.2, 0.25) is 0 Å². The van der Waals surface area contributed by atoms with Crippen molar-refractivity contribution >= 4 is 27.7 Å². The summed E-state index contributed by atoms with van der Waals surface area (Å²) in [6, 6.07) is 12.2. The lowest BCUT2D eigenvalue weighted by molar-refractivity contribution is 0.260. The van der Waals surface area contributed by atoms with Gasteiger partial charge in [-0.15, -0.1) is 0 Å². The van der Waals surface area contributed by atoms with Gasteiger partial charge in [0.15, 0.2) is 0 Å². The molecule has 0 unspecified atom stereocenters. The topological polar surface area (TPSA) is 38.3 Å². The minimum absolute atomic E-state index is 0.513. The molecule has 1 N–H and O–H groups in total. The Hall–Kier alpha value is -1.74. The maximum Gasteiger partial charge on any atom is 0.313 e. The van der Waals surface area contributed by atoms with E-state index in [1.165, 1.54) is 0 Å². The second kappa shape index (κ2) is 5.74. The number of fused-ring (bicyclic) bond motifs is 1. The molecule has 0 aliphatic carbocycles. The summed E-state index contributed by atoms with van der Waals surface area (Å²) in [4.78, 5) is 10.6. The number of nitrogens with one attached hydrogen (secondary N) is 1. The van der Waals surface area contributed by atoms with Crippen molar-refractivity contribution in [2.75, 3.05) is 13.7 Å². The Balaban J connectivity index is 2.15. The van der Waals surface area contributed by atoms with Crippen molar-refractivity contribution in [3.8, 4) is 5.75 Å². The first-order chi connectivity index (χ1) is 8.69. The van der Waals surface area contributed by atoms with Gasteiger partial charge >= 0.3 is 5.37 Å². The molecular weight excluding hydrogens is 250 g/mol. The Morgan fingerprint density at radius 2 is 1.94 bits per heavy atom. The highest BCUT2D eigenvalue weighted by Gasteiger charge is 2.00. The fourth-order valence-corrected chi connectivity index (χ4v) is 1.96. The summed E-state index contributed by atoms with van der Waals surface area (Å²) in [5.41, 5.74) is 1.16. The van der Waals surface area contributed by atoms with Crippen LogP contribution in [0.25, 0.3) is 10.8 Å². The number of benzene rings is 2. The zero-order valence-electron chi connectivity index (χ0n) is 10.1. The van der Waals surface area contributed by atoms with Crippen LogP contribution in [0.1, 0.15) is 5.56 Å². The van der Waals surface area contributed by atoms with E-state index in [2.05, 4.69) is 17.4 Å². The van der Waals surface area contributed by atoms with E-state index in [0.29, 0.717) is 6.54 Å². The van der Waals surface area contributed by atoms with Gasteiger partial charge in [0.05, 0.1) is 7.11 Å². The monoisotopic (exact) mass is 263 g/mol. The fourth-order valence-electron chi connectivity index (χ4n) is 1.86. The average molecular weight is 264 g/mol. The molecule has 3 nitrogen and oxygen atoms in total. The summed E-state index contributed by atoms with van der Waals surface area (Å²) in [5.74, 6) is 0.852. The van der Waals surface area contributed by atoms with E-state index in [1.807, 2.05) is 24.3 Å². The number of halogens is 1. The van der Waals surface area contributed by atoms with Crippen molar-refractivity contribution in [1.29, 1.82) is 0 Å². The molecule has 0 spiro atoms. The van der Waals surface area contributed by atoms with Gasteiger partial charge in [-0.05, 0) is 46.5 Å². The fraction of sp³-hybridized carbons (Fsp3) is 0.214. The van der Waals surface area contributed by atoms with E-state index in [9.17, 15) is 4.79 Å². The number of hydrogen-bond donors (Lipinski definition) is 1. The van der Waals surface area contributed by atoms with E-state index in [-0.39, 0.29) is 0 Å². The lowest BCUT2D eigenvalue weighted by Crippen LogP contribution is -2.19. The molecule has 0 saturated heterocycles. The Morgan fingerprint density at radius 1 is 1.22 bits per heavy atom. The number of carbonyl (C=O) groups is 1. The first kappa shape index (κ1) is 12.7. The molecule has 2 aromatic rings. The van der Waals surface area contributed by atoms with Gasteiger partial charge in [0.1, 0.15) is 5.75 Å². The first-order valence-electron chi connectivity index (χ1n) is 5.69. The average Bonchev–Trinajstić information content (AvgIpc) is 2.37. The molecule has 2 aromatic carbocycles. The van der Waals surface area contributed by atoms with Crippen molar-refractivity contribution < 1.29 is 9.53 Å². The maximum atomic E-state index is 10.6. The number of amides is 1. The highest BCUT2D eigenvalue weighted by molar-refractivity contribution is 6.62. The highest BCUT2D eigenvalue weighted by atomic mass is 35.5. The second-order valence-corrected chi connectivity index (χ2v) is 4.34. The largest absolute Gasteiger partial charge is 0.497 e. The van der Waals surface area contributed by atoms with E-state index < -0.39 is 5.37 Å².